The van der Waals surface area contributed by atoms with E-state index in [0.29, 0.717) is 18.8 Å². The molecule has 1 atom stereocenters. The summed E-state index contributed by atoms with van der Waals surface area (Å²) in [4.78, 5) is 14.2. The number of carbonyl (C=O) groups is 1. The summed E-state index contributed by atoms with van der Waals surface area (Å²) < 4.78 is 5.52. The van der Waals surface area contributed by atoms with Crippen molar-refractivity contribution in [1.29, 1.82) is 0 Å². The zero-order valence-corrected chi connectivity index (χ0v) is 15.8. The van der Waals surface area contributed by atoms with E-state index in [0.717, 1.165) is 24.8 Å². The summed E-state index contributed by atoms with van der Waals surface area (Å²) in [5, 5.41) is 9.84. The minimum atomic E-state index is -0.104. The summed E-state index contributed by atoms with van der Waals surface area (Å²) in [6.45, 7) is 4.92. The number of hydrogen-bond acceptors (Lipinski definition) is 4. The molecule has 25 heavy (non-hydrogen) atoms. The summed E-state index contributed by atoms with van der Waals surface area (Å²) in [5.41, 5.74) is 2.23. The van der Waals surface area contributed by atoms with Crippen molar-refractivity contribution in [1.82, 2.24) is 4.90 Å². The third-order valence-corrected chi connectivity index (χ3v) is 4.80. The second-order valence-corrected chi connectivity index (χ2v) is 6.89. The lowest BCUT2D eigenvalue weighted by molar-refractivity contribution is -0.133. The SMILES string of the molecule is CCN(CC(S)C1=CC=CCCC1)C(=O)COc1cc(C)ccc1O. The number of hydrogen-bond donors (Lipinski definition) is 2. The predicted octanol–water partition coefficient (Wildman–Crippen LogP) is 3.89. The molecule has 1 amide bonds. The Morgan fingerprint density at radius 1 is 1.44 bits per heavy atom. The molecule has 0 aromatic heterocycles. The third-order valence-electron chi connectivity index (χ3n) is 4.30. The zero-order chi connectivity index (χ0) is 18.2. The molecule has 1 aromatic rings. The van der Waals surface area contributed by atoms with Crippen LogP contribution in [0.25, 0.3) is 0 Å². The first kappa shape index (κ1) is 19.4. The molecule has 0 radical (unpaired) electrons. The molecule has 136 valence electrons. The highest BCUT2D eigenvalue weighted by molar-refractivity contribution is 7.81. The fourth-order valence-corrected chi connectivity index (χ4v) is 3.19. The molecule has 1 N–H and O–H groups in total. The van der Waals surface area contributed by atoms with Gasteiger partial charge in [-0.1, -0.05) is 29.9 Å². The van der Waals surface area contributed by atoms with Crippen LogP contribution in [-0.2, 0) is 4.79 Å². The highest BCUT2D eigenvalue weighted by atomic mass is 32.1. The van der Waals surface area contributed by atoms with Crippen molar-refractivity contribution in [3.05, 3.63) is 47.6 Å². The number of thiol groups is 1. The van der Waals surface area contributed by atoms with Gasteiger partial charge in [0.25, 0.3) is 5.91 Å². The maximum Gasteiger partial charge on any atom is 0.260 e. The lowest BCUT2D eigenvalue weighted by atomic mass is 10.1. The molecule has 2 rings (SSSR count). The van der Waals surface area contributed by atoms with Gasteiger partial charge in [-0.3, -0.25) is 4.79 Å². The van der Waals surface area contributed by atoms with Gasteiger partial charge in [0.2, 0.25) is 0 Å². The van der Waals surface area contributed by atoms with Crippen molar-refractivity contribution in [2.75, 3.05) is 19.7 Å². The van der Waals surface area contributed by atoms with Crippen LogP contribution >= 0.6 is 12.6 Å². The average molecular weight is 362 g/mol. The largest absolute Gasteiger partial charge is 0.504 e. The molecule has 0 heterocycles. The highest BCUT2D eigenvalue weighted by Crippen LogP contribution is 2.26. The van der Waals surface area contributed by atoms with E-state index in [1.807, 2.05) is 13.8 Å². The lowest BCUT2D eigenvalue weighted by Crippen LogP contribution is -2.39. The predicted molar refractivity (Wildman–Crippen MR) is 104 cm³/mol. The Balaban J connectivity index is 1.92. The highest BCUT2D eigenvalue weighted by Gasteiger charge is 2.19. The van der Waals surface area contributed by atoms with E-state index >= 15 is 0 Å². The number of carbonyl (C=O) groups excluding carboxylic acids is 1. The molecule has 5 heteroatoms. The van der Waals surface area contributed by atoms with Crippen molar-refractivity contribution in [2.45, 2.75) is 38.4 Å². The molecule has 0 bridgehead atoms. The van der Waals surface area contributed by atoms with Gasteiger partial charge in [0, 0.05) is 18.3 Å². The molecule has 0 aliphatic heterocycles. The zero-order valence-electron chi connectivity index (χ0n) is 14.9. The summed E-state index contributed by atoms with van der Waals surface area (Å²) in [6.07, 6.45) is 9.58. The van der Waals surface area contributed by atoms with Crippen LogP contribution in [0.2, 0.25) is 0 Å². The topological polar surface area (TPSA) is 49.8 Å². The minimum absolute atomic E-state index is 0.0269. The average Bonchev–Trinajstić information content (AvgIpc) is 2.89. The van der Waals surface area contributed by atoms with E-state index in [4.69, 9.17) is 17.4 Å². The van der Waals surface area contributed by atoms with E-state index in [9.17, 15) is 9.90 Å². The Morgan fingerprint density at radius 2 is 2.24 bits per heavy atom. The fraction of sp³-hybridized carbons (Fsp3) is 0.450. The summed E-state index contributed by atoms with van der Waals surface area (Å²) in [6, 6.07) is 5.09. The number of phenolic OH excluding ortho intramolecular Hbond substituents is 1. The number of nitrogens with zero attached hydrogens (tertiary/aromatic N) is 1. The van der Waals surface area contributed by atoms with Crippen molar-refractivity contribution < 1.29 is 14.6 Å². The molecular weight excluding hydrogens is 334 g/mol. The Kier molecular flexibility index (Phi) is 7.44. The van der Waals surface area contributed by atoms with Crippen LogP contribution in [0, 0.1) is 6.92 Å². The monoisotopic (exact) mass is 361 g/mol. The molecular formula is C20H27NO3S. The van der Waals surface area contributed by atoms with Crippen LogP contribution in [-0.4, -0.2) is 40.9 Å². The molecule has 1 aromatic carbocycles. The van der Waals surface area contributed by atoms with E-state index in [2.05, 4.69) is 18.2 Å². The van der Waals surface area contributed by atoms with Gasteiger partial charge in [-0.05, 0) is 50.8 Å². The van der Waals surface area contributed by atoms with Gasteiger partial charge < -0.3 is 14.7 Å². The van der Waals surface area contributed by atoms with Crippen molar-refractivity contribution in [2.24, 2.45) is 0 Å². The van der Waals surface area contributed by atoms with Crippen LogP contribution in [0.3, 0.4) is 0 Å². The number of ether oxygens (including phenoxy) is 1. The van der Waals surface area contributed by atoms with Gasteiger partial charge in [0.1, 0.15) is 0 Å². The van der Waals surface area contributed by atoms with Crippen molar-refractivity contribution in [3.63, 3.8) is 0 Å². The van der Waals surface area contributed by atoms with Gasteiger partial charge in [0.05, 0.1) is 0 Å². The number of aryl methyl sites for hydroxylation is 1. The van der Waals surface area contributed by atoms with Crippen LogP contribution < -0.4 is 4.74 Å². The fourth-order valence-electron chi connectivity index (χ4n) is 2.77. The molecule has 1 unspecified atom stereocenters. The van der Waals surface area contributed by atoms with E-state index < -0.39 is 0 Å². The maximum atomic E-state index is 12.5. The van der Waals surface area contributed by atoms with Gasteiger partial charge in [-0.15, -0.1) is 0 Å². The van der Waals surface area contributed by atoms with Crippen molar-refractivity contribution >= 4 is 18.5 Å². The normalized spacial score (nSPS) is 15.2. The van der Waals surface area contributed by atoms with Crippen LogP contribution in [0.1, 0.15) is 31.7 Å². The first-order valence-electron chi connectivity index (χ1n) is 8.75. The second-order valence-electron chi connectivity index (χ2n) is 6.27. The first-order valence-corrected chi connectivity index (χ1v) is 9.26. The summed E-state index contributed by atoms with van der Waals surface area (Å²) in [7, 11) is 0. The lowest BCUT2D eigenvalue weighted by Gasteiger charge is -2.25. The minimum Gasteiger partial charge on any atom is -0.504 e. The Hall–Kier alpha value is -1.88. The third kappa shape index (κ3) is 5.85. The number of likely N-dealkylation sites (N-methyl/N-ethyl adjacent to an activating group) is 1. The smallest absolute Gasteiger partial charge is 0.260 e. The number of amides is 1. The van der Waals surface area contributed by atoms with Gasteiger partial charge in [-0.2, -0.15) is 12.6 Å². The number of rotatable bonds is 7. The number of phenols is 1. The molecule has 0 spiro atoms. The Bertz CT molecular complexity index is 654. The number of benzene rings is 1. The van der Waals surface area contributed by atoms with Crippen LogP contribution in [0.4, 0.5) is 0 Å². The summed E-state index contributed by atoms with van der Waals surface area (Å²) in [5.74, 6) is 0.277. The maximum absolute atomic E-state index is 12.5. The molecule has 1 aliphatic carbocycles. The molecule has 0 saturated heterocycles. The van der Waals surface area contributed by atoms with Crippen LogP contribution in [0.15, 0.2) is 42.0 Å². The number of allylic oxidation sites excluding steroid dienone is 3. The van der Waals surface area contributed by atoms with Crippen LogP contribution in [0.5, 0.6) is 11.5 Å². The summed E-state index contributed by atoms with van der Waals surface area (Å²) >= 11 is 4.70. The van der Waals surface area contributed by atoms with Gasteiger partial charge >= 0.3 is 0 Å². The van der Waals surface area contributed by atoms with E-state index in [-0.39, 0.29) is 23.5 Å². The Labute approximate surface area is 155 Å². The Morgan fingerprint density at radius 3 is 3.00 bits per heavy atom. The molecule has 0 saturated carbocycles. The number of aromatic hydroxyl groups is 1. The standard InChI is InChI=1S/C20H27NO3S/c1-3-21(13-19(25)16-8-6-4-5-7-9-16)20(23)14-24-18-12-15(2)10-11-17(18)22/h4,6,8,10-12,19,22,25H,3,5,7,9,13-14H2,1-2H3. The van der Waals surface area contributed by atoms with E-state index in [1.54, 1.807) is 23.1 Å². The van der Waals surface area contributed by atoms with Crippen molar-refractivity contribution in [3.8, 4) is 11.5 Å². The quantitative estimate of drug-likeness (QED) is 0.725. The molecule has 1 aliphatic rings. The second kappa shape index (κ2) is 9.56. The first-order chi connectivity index (χ1) is 12.0. The molecule has 0 fully saturated rings. The van der Waals surface area contributed by atoms with E-state index in [1.165, 1.54) is 5.57 Å². The molecule has 4 nitrogen and oxygen atoms in total. The van der Waals surface area contributed by atoms with Gasteiger partial charge in [-0.25, -0.2) is 0 Å². The van der Waals surface area contributed by atoms with Gasteiger partial charge in [0.15, 0.2) is 18.1 Å².